The molecule has 1 aromatic rings. The Kier molecular flexibility index (Phi) is 4.25. The van der Waals surface area contributed by atoms with Gasteiger partial charge in [-0.05, 0) is 61.8 Å². The maximum Gasteiger partial charge on any atom is 0.0991 e. The van der Waals surface area contributed by atoms with Crippen molar-refractivity contribution in [3.63, 3.8) is 0 Å². The van der Waals surface area contributed by atoms with Gasteiger partial charge in [-0.25, -0.2) is 0 Å². The van der Waals surface area contributed by atoms with Crippen molar-refractivity contribution in [2.45, 2.75) is 45.6 Å². The molecule has 0 amide bonds. The minimum absolute atomic E-state index is 0.605. The molecule has 1 fully saturated rings. The van der Waals surface area contributed by atoms with Crippen LogP contribution in [0.25, 0.3) is 0 Å². The molecule has 0 heterocycles. The van der Waals surface area contributed by atoms with E-state index in [1.54, 1.807) is 0 Å². The predicted molar refractivity (Wildman–Crippen MR) is 75.4 cm³/mol. The molecule has 1 N–H and O–H groups in total. The van der Waals surface area contributed by atoms with Gasteiger partial charge in [-0.3, -0.25) is 0 Å². The lowest BCUT2D eigenvalue weighted by Crippen LogP contribution is -2.27. The van der Waals surface area contributed by atoms with E-state index in [1.165, 1.54) is 25.7 Å². The summed E-state index contributed by atoms with van der Waals surface area (Å²) in [6, 6.07) is 10.5. The van der Waals surface area contributed by atoms with E-state index in [-0.39, 0.29) is 0 Å². The van der Waals surface area contributed by atoms with Gasteiger partial charge in [0.2, 0.25) is 0 Å². The first-order valence-corrected chi connectivity index (χ1v) is 6.95. The molecule has 0 aliphatic heterocycles. The third-order valence-corrected chi connectivity index (χ3v) is 4.10. The first kappa shape index (κ1) is 13.0. The lowest BCUT2D eigenvalue weighted by atomic mass is 9.79. The third-order valence-electron chi connectivity index (χ3n) is 4.10. The first-order valence-electron chi connectivity index (χ1n) is 6.95. The molecular formula is C16H22N2. The lowest BCUT2D eigenvalue weighted by molar-refractivity contribution is 0.267. The molecule has 0 saturated heterocycles. The molecule has 1 aliphatic carbocycles. The summed E-state index contributed by atoms with van der Waals surface area (Å²) < 4.78 is 0. The number of benzene rings is 1. The van der Waals surface area contributed by atoms with Crippen molar-refractivity contribution in [2.75, 3.05) is 5.32 Å². The van der Waals surface area contributed by atoms with E-state index < -0.39 is 0 Å². The van der Waals surface area contributed by atoms with Crippen LogP contribution in [0.1, 0.15) is 45.1 Å². The molecule has 0 aromatic heterocycles. The Morgan fingerprint density at radius 3 is 2.22 bits per heavy atom. The average molecular weight is 242 g/mol. The largest absolute Gasteiger partial charge is 0.382 e. The summed E-state index contributed by atoms with van der Waals surface area (Å²) in [5, 5.41) is 12.3. The molecule has 1 saturated carbocycles. The zero-order valence-electron chi connectivity index (χ0n) is 11.3. The number of hydrogen-bond acceptors (Lipinski definition) is 2. The first-order chi connectivity index (χ1) is 8.69. The van der Waals surface area contributed by atoms with Crippen LogP contribution in [0.2, 0.25) is 0 Å². The molecular weight excluding hydrogens is 220 g/mol. The van der Waals surface area contributed by atoms with Gasteiger partial charge in [0.15, 0.2) is 0 Å². The van der Waals surface area contributed by atoms with Gasteiger partial charge in [0.1, 0.15) is 0 Å². The molecule has 1 aliphatic rings. The molecule has 0 unspecified atom stereocenters. The van der Waals surface area contributed by atoms with E-state index >= 15 is 0 Å². The zero-order valence-corrected chi connectivity index (χ0v) is 11.3. The summed E-state index contributed by atoms with van der Waals surface area (Å²) in [7, 11) is 0. The minimum Gasteiger partial charge on any atom is -0.382 e. The summed E-state index contributed by atoms with van der Waals surface area (Å²) in [4.78, 5) is 0. The minimum atomic E-state index is 0.605. The predicted octanol–water partition coefficient (Wildman–Crippen LogP) is 4.18. The number of anilines is 1. The van der Waals surface area contributed by atoms with Crippen molar-refractivity contribution >= 4 is 5.69 Å². The van der Waals surface area contributed by atoms with E-state index in [1.807, 2.05) is 24.3 Å². The topological polar surface area (TPSA) is 35.8 Å². The van der Waals surface area contributed by atoms with Gasteiger partial charge in [0.25, 0.3) is 0 Å². The quantitative estimate of drug-likeness (QED) is 0.862. The number of nitrogens with one attached hydrogen (secondary N) is 1. The summed E-state index contributed by atoms with van der Waals surface area (Å²) in [6.45, 7) is 4.66. The van der Waals surface area contributed by atoms with Crippen molar-refractivity contribution in [1.82, 2.24) is 0 Å². The number of rotatable bonds is 3. The van der Waals surface area contributed by atoms with Crippen molar-refractivity contribution in [2.24, 2.45) is 11.8 Å². The summed E-state index contributed by atoms with van der Waals surface area (Å²) >= 11 is 0. The highest BCUT2D eigenvalue weighted by atomic mass is 14.9. The van der Waals surface area contributed by atoms with Gasteiger partial charge < -0.3 is 5.32 Å². The van der Waals surface area contributed by atoms with Gasteiger partial charge in [-0.15, -0.1) is 0 Å². The van der Waals surface area contributed by atoms with Crippen LogP contribution < -0.4 is 5.32 Å². The molecule has 2 nitrogen and oxygen atoms in total. The maximum atomic E-state index is 8.76. The lowest BCUT2D eigenvalue weighted by Gasteiger charge is -2.31. The molecule has 2 heteroatoms. The molecule has 0 radical (unpaired) electrons. The maximum absolute atomic E-state index is 8.76. The zero-order chi connectivity index (χ0) is 13.0. The van der Waals surface area contributed by atoms with Crippen molar-refractivity contribution < 1.29 is 0 Å². The molecule has 1 aromatic carbocycles. The number of hydrogen-bond donors (Lipinski definition) is 1. The Bertz CT molecular complexity index is 406. The van der Waals surface area contributed by atoms with Crippen LogP contribution in [-0.2, 0) is 0 Å². The molecule has 2 rings (SSSR count). The van der Waals surface area contributed by atoms with Crippen LogP contribution in [0.4, 0.5) is 5.69 Å². The van der Waals surface area contributed by atoms with Crippen LogP contribution in [0.3, 0.4) is 0 Å². The van der Waals surface area contributed by atoms with Gasteiger partial charge in [0.05, 0.1) is 11.6 Å². The smallest absolute Gasteiger partial charge is 0.0991 e. The molecule has 0 atom stereocenters. The Morgan fingerprint density at radius 1 is 1.11 bits per heavy atom. The van der Waals surface area contributed by atoms with Crippen molar-refractivity contribution in [1.29, 1.82) is 5.26 Å². The van der Waals surface area contributed by atoms with E-state index in [2.05, 4.69) is 25.2 Å². The second-order valence-corrected chi connectivity index (χ2v) is 5.69. The van der Waals surface area contributed by atoms with Crippen LogP contribution in [0.15, 0.2) is 24.3 Å². The van der Waals surface area contributed by atoms with Crippen LogP contribution in [-0.4, -0.2) is 6.04 Å². The second-order valence-electron chi connectivity index (χ2n) is 5.69. The van der Waals surface area contributed by atoms with Crippen LogP contribution in [0, 0.1) is 23.2 Å². The SMILES string of the molecule is CC(C)[C@H]1CC[C@H](Nc2ccc(C#N)cc2)CC1. The Hall–Kier alpha value is -1.49. The second kappa shape index (κ2) is 5.91. The molecule has 96 valence electrons. The highest BCUT2D eigenvalue weighted by Gasteiger charge is 2.22. The van der Waals surface area contributed by atoms with Gasteiger partial charge in [0, 0.05) is 11.7 Å². The van der Waals surface area contributed by atoms with Gasteiger partial charge >= 0.3 is 0 Å². The fourth-order valence-corrected chi connectivity index (χ4v) is 2.81. The van der Waals surface area contributed by atoms with Gasteiger partial charge in [-0.1, -0.05) is 13.8 Å². The Morgan fingerprint density at radius 2 is 1.72 bits per heavy atom. The molecule has 0 bridgehead atoms. The fraction of sp³-hybridized carbons (Fsp3) is 0.562. The van der Waals surface area contributed by atoms with Crippen molar-refractivity contribution in [3.8, 4) is 6.07 Å². The number of nitrogens with zero attached hydrogens (tertiary/aromatic N) is 1. The summed E-state index contributed by atoms with van der Waals surface area (Å²) in [6.07, 6.45) is 5.21. The summed E-state index contributed by atoms with van der Waals surface area (Å²) in [5.41, 5.74) is 1.87. The Balaban J connectivity index is 1.86. The molecule has 0 spiro atoms. The van der Waals surface area contributed by atoms with E-state index in [9.17, 15) is 0 Å². The highest BCUT2D eigenvalue weighted by molar-refractivity contribution is 5.47. The van der Waals surface area contributed by atoms with E-state index in [4.69, 9.17) is 5.26 Å². The Labute approximate surface area is 110 Å². The van der Waals surface area contributed by atoms with Crippen LogP contribution >= 0.6 is 0 Å². The van der Waals surface area contributed by atoms with E-state index in [0.717, 1.165) is 23.1 Å². The monoisotopic (exact) mass is 242 g/mol. The average Bonchev–Trinajstić information content (AvgIpc) is 2.40. The van der Waals surface area contributed by atoms with Crippen LogP contribution in [0.5, 0.6) is 0 Å². The normalized spacial score (nSPS) is 23.7. The standard InChI is InChI=1S/C16H22N2/c1-12(2)14-5-9-16(10-6-14)18-15-7-3-13(11-17)4-8-15/h3-4,7-8,12,14,16,18H,5-6,9-10H2,1-2H3/t14-,16-. The third kappa shape index (κ3) is 3.26. The molecule has 18 heavy (non-hydrogen) atoms. The van der Waals surface area contributed by atoms with E-state index in [0.29, 0.717) is 6.04 Å². The van der Waals surface area contributed by atoms with Crippen molar-refractivity contribution in [3.05, 3.63) is 29.8 Å². The van der Waals surface area contributed by atoms with Gasteiger partial charge in [-0.2, -0.15) is 5.26 Å². The highest BCUT2D eigenvalue weighted by Crippen LogP contribution is 2.31. The fourth-order valence-electron chi connectivity index (χ4n) is 2.81. The summed E-state index contributed by atoms with van der Waals surface area (Å²) in [5.74, 6) is 1.73. The number of nitriles is 1.